The number of hydrogen-bond acceptors (Lipinski definition) is 5. The van der Waals surface area contributed by atoms with Gasteiger partial charge in [0.1, 0.15) is 0 Å². The molecule has 1 aromatic carbocycles. The van der Waals surface area contributed by atoms with Gasteiger partial charge in [0, 0.05) is 18.1 Å². The van der Waals surface area contributed by atoms with Crippen molar-refractivity contribution in [3.63, 3.8) is 0 Å². The van der Waals surface area contributed by atoms with Crippen molar-refractivity contribution in [2.24, 2.45) is 0 Å². The SMILES string of the molecule is C(=Cc1ccccc1)CSc1nnc(-c2cccnc2)o1. The van der Waals surface area contributed by atoms with Crippen LogP contribution in [0, 0.1) is 0 Å². The van der Waals surface area contributed by atoms with Gasteiger partial charge >= 0.3 is 0 Å². The minimum Gasteiger partial charge on any atom is -0.411 e. The fourth-order valence-corrected chi connectivity index (χ4v) is 2.31. The second-order valence-electron chi connectivity index (χ2n) is 4.24. The molecule has 0 bridgehead atoms. The summed E-state index contributed by atoms with van der Waals surface area (Å²) in [5, 5.41) is 8.61. The number of thioether (sulfide) groups is 1. The van der Waals surface area contributed by atoms with Crippen LogP contribution in [0.25, 0.3) is 17.5 Å². The maximum Gasteiger partial charge on any atom is 0.277 e. The van der Waals surface area contributed by atoms with E-state index >= 15 is 0 Å². The molecular weight excluding hydrogens is 282 g/mol. The van der Waals surface area contributed by atoms with Gasteiger partial charge in [-0.15, -0.1) is 10.2 Å². The molecular formula is C16H13N3OS. The molecule has 0 aliphatic rings. The van der Waals surface area contributed by atoms with Gasteiger partial charge in [0.2, 0.25) is 5.89 Å². The summed E-state index contributed by atoms with van der Waals surface area (Å²) in [4.78, 5) is 4.03. The number of benzene rings is 1. The smallest absolute Gasteiger partial charge is 0.277 e. The molecule has 0 aliphatic carbocycles. The van der Waals surface area contributed by atoms with Gasteiger partial charge < -0.3 is 4.42 Å². The minimum atomic E-state index is 0.498. The summed E-state index contributed by atoms with van der Waals surface area (Å²) < 4.78 is 5.59. The molecule has 104 valence electrons. The Bertz CT molecular complexity index is 711. The highest BCUT2D eigenvalue weighted by atomic mass is 32.2. The van der Waals surface area contributed by atoms with E-state index in [0.29, 0.717) is 11.1 Å². The average molecular weight is 295 g/mol. The summed E-state index contributed by atoms with van der Waals surface area (Å²) in [6.45, 7) is 0. The minimum absolute atomic E-state index is 0.498. The van der Waals surface area contributed by atoms with Gasteiger partial charge in [-0.25, -0.2) is 0 Å². The summed E-state index contributed by atoms with van der Waals surface area (Å²) in [6, 6.07) is 13.9. The van der Waals surface area contributed by atoms with Crippen LogP contribution < -0.4 is 0 Å². The highest BCUT2D eigenvalue weighted by Gasteiger charge is 2.07. The molecule has 21 heavy (non-hydrogen) atoms. The second-order valence-corrected chi connectivity index (χ2v) is 5.21. The van der Waals surface area contributed by atoms with E-state index in [2.05, 4.69) is 39.5 Å². The van der Waals surface area contributed by atoms with Crippen LogP contribution in [0.4, 0.5) is 0 Å². The zero-order valence-corrected chi connectivity index (χ0v) is 12.0. The van der Waals surface area contributed by atoms with Crippen LogP contribution in [0.3, 0.4) is 0 Å². The molecule has 0 fully saturated rings. The molecule has 0 spiro atoms. The second kappa shape index (κ2) is 6.85. The molecule has 0 aliphatic heterocycles. The Kier molecular flexibility index (Phi) is 4.43. The number of nitrogens with zero attached hydrogens (tertiary/aromatic N) is 3. The third-order valence-corrected chi connectivity index (χ3v) is 3.50. The predicted molar refractivity (Wildman–Crippen MR) is 83.7 cm³/mol. The first-order valence-electron chi connectivity index (χ1n) is 6.50. The fraction of sp³-hybridized carbons (Fsp3) is 0.0625. The molecule has 0 N–H and O–H groups in total. The van der Waals surface area contributed by atoms with Crippen LogP contribution in [-0.4, -0.2) is 20.9 Å². The Labute approximate surface area is 126 Å². The number of hydrogen-bond donors (Lipinski definition) is 0. The lowest BCUT2D eigenvalue weighted by Gasteiger charge is -1.92. The van der Waals surface area contributed by atoms with Crippen LogP contribution in [-0.2, 0) is 0 Å². The third kappa shape index (κ3) is 3.79. The summed E-state index contributed by atoms with van der Waals surface area (Å²) in [6.07, 6.45) is 7.57. The van der Waals surface area contributed by atoms with Gasteiger partial charge in [-0.1, -0.05) is 54.2 Å². The molecule has 3 rings (SSSR count). The zero-order chi connectivity index (χ0) is 14.3. The summed E-state index contributed by atoms with van der Waals surface area (Å²) >= 11 is 1.51. The molecule has 0 radical (unpaired) electrons. The van der Waals surface area contributed by atoms with Crippen molar-refractivity contribution in [1.82, 2.24) is 15.2 Å². The molecule has 0 saturated heterocycles. The number of rotatable bonds is 5. The van der Waals surface area contributed by atoms with Crippen molar-refractivity contribution in [3.05, 3.63) is 66.5 Å². The monoisotopic (exact) mass is 295 g/mol. The van der Waals surface area contributed by atoms with Gasteiger partial charge in [0.15, 0.2) is 0 Å². The molecule has 2 aromatic heterocycles. The standard InChI is InChI=1S/C16H13N3OS/c1-2-6-13(7-3-1)8-5-11-21-16-19-18-15(20-16)14-9-4-10-17-12-14/h1-10,12H,11H2. The lowest BCUT2D eigenvalue weighted by Crippen LogP contribution is -1.78. The highest BCUT2D eigenvalue weighted by molar-refractivity contribution is 7.99. The molecule has 2 heterocycles. The summed E-state index contributed by atoms with van der Waals surface area (Å²) in [7, 11) is 0. The van der Waals surface area contributed by atoms with Crippen molar-refractivity contribution < 1.29 is 4.42 Å². The van der Waals surface area contributed by atoms with E-state index in [0.717, 1.165) is 11.3 Å². The lowest BCUT2D eigenvalue weighted by molar-refractivity contribution is 0.466. The van der Waals surface area contributed by atoms with E-state index in [9.17, 15) is 0 Å². The van der Waals surface area contributed by atoms with Crippen molar-refractivity contribution in [1.29, 1.82) is 0 Å². The average Bonchev–Trinajstić information content (AvgIpc) is 3.02. The highest BCUT2D eigenvalue weighted by Crippen LogP contribution is 2.22. The molecule has 0 unspecified atom stereocenters. The van der Waals surface area contributed by atoms with Gasteiger partial charge in [0.25, 0.3) is 5.22 Å². The van der Waals surface area contributed by atoms with Crippen molar-refractivity contribution >= 4 is 17.8 Å². The van der Waals surface area contributed by atoms with E-state index in [1.54, 1.807) is 12.4 Å². The van der Waals surface area contributed by atoms with Crippen LogP contribution >= 0.6 is 11.8 Å². The number of aromatic nitrogens is 3. The van der Waals surface area contributed by atoms with Crippen molar-refractivity contribution in [2.45, 2.75) is 5.22 Å². The quantitative estimate of drug-likeness (QED) is 0.667. The maximum atomic E-state index is 5.59. The van der Waals surface area contributed by atoms with Crippen molar-refractivity contribution in [3.8, 4) is 11.5 Å². The number of pyridine rings is 1. The van der Waals surface area contributed by atoms with Gasteiger partial charge in [0.05, 0.1) is 5.56 Å². The van der Waals surface area contributed by atoms with Crippen LogP contribution in [0.2, 0.25) is 0 Å². The first-order chi connectivity index (χ1) is 10.4. The first-order valence-corrected chi connectivity index (χ1v) is 7.49. The van der Waals surface area contributed by atoms with Crippen LogP contribution in [0.5, 0.6) is 0 Å². The van der Waals surface area contributed by atoms with E-state index in [1.165, 1.54) is 17.3 Å². The van der Waals surface area contributed by atoms with Gasteiger partial charge in [-0.2, -0.15) is 0 Å². The van der Waals surface area contributed by atoms with Crippen LogP contribution in [0.1, 0.15) is 5.56 Å². The van der Waals surface area contributed by atoms with Gasteiger partial charge in [-0.05, 0) is 17.7 Å². The normalized spacial score (nSPS) is 11.0. The Balaban J connectivity index is 1.57. The lowest BCUT2D eigenvalue weighted by atomic mass is 10.2. The predicted octanol–water partition coefficient (Wildman–Crippen LogP) is 3.94. The van der Waals surface area contributed by atoms with E-state index in [-0.39, 0.29) is 0 Å². The van der Waals surface area contributed by atoms with E-state index < -0.39 is 0 Å². The van der Waals surface area contributed by atoms with Crippen LogP contribution in [0.15, 0.2) is 70.6 Å². The van der Waals surface area contributed by atoms with Crippen molar-refractivity contribution in [2.75, 3.05) is 5.75 Å². The third-order valence-electron chi connectivity index (χ3n) is 2.73. The molecule has 0 saturated carbocycles. The Morgan fingerprint density at radius 1 is 1.05 bits per heavy atom. The fourth-order valence-electron chi connectivity index (χ4n) is 1.74. The molecule has 0 atom stereocenters. The molecule has 0 amide bonds. The molecule has 4 nitrogen and oxygen atoms in total. The first kappa shape index (κ1) is 13.6. The van der Waals surface area contributed by atoms with E-state index in [1.807, 2.05) is 30.3 Å². The molecule has 5 heteroatoms. The topological polar surface area (TPSA) is 51.8 Å². The maximum absolute atomic E-state index is 5.59. The summed E-state index contributed by atoms with van der Waals surface area (Å²) in [5.41, 5.74) is 2.01. The van der Waals surface area contributed by atoms with E-state index in [4.69, 9.17) is 4.42 Å². The molecule has 3 aromatic rings. The Morgan fingerprint density at radius 3 is 2.76 bits per heavy atom. The zero-order valence-electron chi connectivity index (χ0n) is 11.2. The Hall–Kier alpha value is -2.40. The largest absolute Gasteiger partial charge is 0.411 e. The summed E-state index contributed by atoms with van der Waals surface area (Å²) in [5.74, 6) is 1.28. The Morgan fingerprint density at radius 2 is 1.95 bits per heavy atom. The van der Waals surface area contributed by atoms with Gasteiger partial charge in [-0.3, -0.25) is 4.98 Å².